The van der Waals surface area contributed by atoms with E-state index in [0.29, 0.717) is 6.54 Å². The largest absolute Gasteiger partial charge is 0.349 e. The fourth-order valence-corrected chi connectivity index (χ4v) is 2.33. The highest BCUT2D eigenvalue weighted by Gasteiger charge is 2.34. The summed E-state index contributed by atoms with van der Waals surface area (Å²) in [5, 5.41) is 10.4. The van der Waals surface area contributed by atoms with Crippen molar-refractivity contribution in [1.29, 1.82) is 0 Å². The molecular formula is C13H23N5O. The predicted octanol–water partition coefficient (Wildman–Crippen LogP) is -0.280. The summed E-state index contributed by atoms with van der Waals surface area (Å²) in [6, 6.07) is 1.91. The normalized spacial score (nSPS) is 17.4. The van der Waals surface area contributed by atoms with Crippen molar-refractivity contribution in [2.45, 2.75) is 25.9 Å². The van der Waals surface area contributed by atoms with Gasteiger partial charge in [-0.05, 0) is 19.9 Å². The predicted molar refractivity (Wildman–Crippen MR) is 73.6 cm³/mol. The summed E-state index contributed by atoms with van der Waals surface area (Å²) in [4.78, 5) is 14.6. The number of nitrogens with one attached hydrogen (secondary N) is 2. The maximum Gasteiger partial charge on any atom is 0.240 e. The van der Waals surface area contributed by atoms with Crippen LogP contribution in [-0.2, 0) is 18.4 Å². The molecule has 2 rings (SSSR count). The van der Waals surface area contributed by atoms with Gasteiger partial charge in [0, 0.05) is 39.4 Å². The molecule has 6 heteroatoms. The van der Waals surface area contributed by atoms with E-state index in [1.165, 1.54) is 0 Å². The van der Waals surface area contributed by atoms with E-state index < -0.39 is 5.54 Å². The zero-order valence-electron chi connectivity index (χ0n) is 11.9. The van der Waals surface area contributed by atoms with Crippen LogP contribution in [0.2, 0.25) is 0 Å². The molecule has 0 radical (unpaired) electrons. The number of aromatic nitrogens is 2. The zero-order chi connectivity index (χ0) is 13.9. The van der Waals surface area contributed by atoms with Gasteiger partial charge < -0.3 is 10.6 Å². The fourth-order valence-electron chi connectivity index (χ4n) is 2.33. The Morgan fingerprint density at radius 1 is 1.47 bits per heavy atom. The fraction of sp³-hybridized carbons (Fsp3) is 0.692. The molecule has 1 saturated heterocycles. The summed E-state index contributed by atoms with van der Waals surface area (Å²) in [5.74, 6) is 0.0654. The third-order valence-corrected chi connectivity index (χ3v) is 3.82. The lowest BCUT2D eigenvalue weighted by molar-refractivity contribution is -0.132. The number of carbonyl (C=O) groups is 1. The average Bonchev–Trinajstić information content (AvgIpc) is 2.82. The van der Waals surface area contributed by atoms with Gasteiger partial charge in [0.1, 0.15) is 0 Å². The van der Waals surface area contributed by atoms with Crippen LogP contribution in [0.5, 0.6) is 0 Å². The van der Waals surface area contributed by atoms with Gasteiger partial charge in [0.15, 0.2) is 0 Å². The molecule has 1 aliphatic heterocycles. The highest BCUT2D eigenvalue weighted by atomic mass is 16.2. The van der Waals surface area contributed by atoms with Crippen LogP contribution in [0.4, 0.5) is 0 Å². The molecule has 0 spiro atoms. The maximum absolute atomic E-state index is 12.4. The summed E-state index contributed by atoms with van der Waals surface area (Å²) in [7, 11) is 1.88. The number of rotatable bonds is 4. The zero-order valence-corrected chi connectivity index (χ0v) is 11.9. The Labute approximate surface area is 114 Å². The van der Waals surface area contributed by atoms with Crippen molar-refractivity contribution in [3.63, 3.8) is 0 Å². The van der Waals surface area contributed by atoms with E-state index in [0.717, 1.165) is 31.9 Å². The molecule has 6 nitrogen and oxygen atoms in total. The number of hydrogen-bond donors (Lipinski definition) is 2. The molecule has 2 heterocycles. The molecule has 106 valence electrons. The molecule has 0 aliphatic carbocycles. The van der Waals surface area contributed by atoms with Gasteiger partial charge >= 0.3 is 0 Å². The van der Waals surface area contributed by atoms with Crippen LogP contribution in [-0.4, -0.2) is 52.3 Å². The number of carbonyl (C=O) groups excluding carboxylic acids is 1. The van der Waals surface area contributed by atoms with Gasteiger partial charge in [0.2, 0.25) is 5.91 Å². The summed E-state index contributed by atoms with van der Waals surface area (Å²) in [6.45, 7) is 8.19. The Balaban J connectivity index is 1.92. The first-order valence-corrected chi connectivity index (χ1v) is 6.73. The molecule has 1 aliphatic rings. The third kappa shape index (κ3) is 3.13. The van der Waals surface area contributed by atoms with E-state index in [4.69, 9.17) is 0 Å². The second-order valence-corrected chi connectivity index (χ2v) is 5.42. The average molecular weight is 265 g/mol. The van der Waals surface area contributed by atoms with Gasteiger partial charge in [-0.1, -0.05) is 0 Å². The van der Waals surface area contributed by atoms with E-state index in [1.807, 2.05) is 27.0 Å². The highest BCUT2D eigenvalue weighted by molar-refractivity contribution is 5.85. The van der Waals surface area contributed by atoms with Gasteiger partial charge in [-0.2, -0.15) is 5.10 Å². The van der Waals surface area contributed by atoms with Gasteiger partial charge in [-0.3, -0.25) is 14.4 Å². The molecule has 0 saturated carbocycles. The van der Waals surface area contributed by atoms with Crippen molar-refractivity contribution < 1.29 is 4.79 Å². The second kappa shape index (κ2) is 5.71. The summed E-state index contributed by atoms with van der Waals surface area (Å²) in [5.41, 5.74) is 0.533. The van der Waals surface area contributed by atoms with Crippen LogP contribution in [0.1, 0.15) is 19.5 Å². The lowest BCUT2D eigenvalue weighted by Crippen LogP contribution is -2.59. The van der Waals surface area contributed by atoms with Gasteiger partial charge in [0.05, 0.1) is 17.8 Å². The summed E-state index contributed by atoms with van der Waals surface area (Å²) < 4.78 is 1.78. The second-order valence-electron chi connectivity index (χ2n) is 5.42. The molecule has 1 aromatic rings. The number of nitrogens with zero attached hydrogens (tertiary/aromatic N) is 3. The maximum atomic E-state index is 12.4. The van der Waals surface area contributed by atoms with Crippen LogP contribution in [0.3, 0.4) is 0 Å². The first-order valence-electron chi connectivity index (χ1n) is 6.73. The van der Waals surface area contributed by atoms with Crippen molar-refractivity contribution in [1.82, 2.24) is 25.3 Å². The van der Waals surface area contributed by atoms with Crippen LogP contribution in [0.15, 0.2) is 12.3 Å². The molecular weight excluding hydrogens is 242 g/mol. The molecule has 2 N–H and O–H groups in total. The van der Waals surface area contributed by atoms with E-state index >= 15 is 0 Å². The van der Waals surface area contributed by atoms with E-state index in [2.05, 4.69) is 20.6 Å². The smallest absolute Gasteiger partial charge is 0.240 e. The quantitative estimate of drug-likeness (QED) is 0.786. The minimum Gasteiger partial charge on any atom is -0.349 e. The van der Waals surface area contributed by atoms with Gasteiger partial charge in [0.25, 0.3) is 0 Å². The molecule has 19 heavy (non-hydrogen) atoms. The molecule has 0 aromatic carbocycles. The number of aryl methyl sites for hydroxylation is 1. The molecule has 1 fully saturated rings. The molecule has 1 amide bonds. The Bertz CT molecular complexity index is 434. The van der Waals surface area contributed by atoms with Crippen LogP contribution in [0, 0.1) is 0 Å². The minimum atomic E-state index is -0.472. The molecule has 0 bridgehead atoms. The Kier molecular flexibility index (Phi) is 4.21. The van der Waals surface area contributed by atoms with Crippen molar-refractivity contribution >= 4 is 5.91 Å². The van der Waals surface area contributed by atoms with Crippen molar-refractivity contribution in [2.75, 3.05) is 26.2 Å². The topological polar surface area (TPSA) is 62.2 Å². The highest BCUT2D eigenvalue weighted by Crippen LogP contribution is 2.15. The van der Waals surface area contributed by atoms with Crippen LogP contribution < -0.4 is 10.6 Å². The SMILES string of the molecule is Cn1nccc1CNC(=O)C(C)(C)N1CCNCC1. The number of piperazine rings is 1. The van der Waals surface area contributed by atoms with Crippen molar-refractivity contribution in [3.05, 3.63) is 18.0 Å². The Hall–Kier alpha value is -1.40. The summed E-state index contributed by atoms with van der Waals surface area (Å²) >= 11 is 0. The van der Waals surface area contributed by atoms with Crippen LogP contribution >= 0.6 is 0 Å². The van der Waals surface area contributed by atoms with E-state index in [-0.39, 0.29) is 5.91 Å². The molecule has 0 unspecified atom stereocenters. The van der Waals surface area contributed by atoms with Gasteiger partial charge in [-0.25, -0.2) is 0 Å². The lowest BCUT2D eigenvalue weighted by atomic mass is 10.0. The van der Waals surface area contributed by atoms with E-state index in [1.54, 1.807) is 10.9 Å². The lowest BCUT2D eigenvalue weighted by Gasteiger charge is -2.39. The van der Waals surface area contributed by atoms with Crippen molar-refractivity contribution in [3.8, 4) is 0 Å². The van der Waals surface area contributed by atoms with Gasteiger partial charge in [-0.15, -0.1) is 0 Å². The third-order valence-electron chi connectivity index (χ3n) is 3.82. The first kappa shape index (κ1) is 14.0. The van der Waals surface area contributed by atoms with Crippen LogP contribution in [0.25, 0.3) is 0 Å². The van der Waals surface area contributed by atoms with E-state index in [9.17, 15) is 4.79 Å². The Morgan fingerprint density at radius 2 is 2.16 bits per heavy atom. The summed E-state index contributed by atoms with van der Waals surface area (Å²) in [6.07, 6.45) is 1.74. The van der Waals surface area contributed by atoms with Crippen molar-refractivity contribution in [2.24, 2.45) is 7.05 Å². The Morgan fingerprint density at radius 3 is 2.74 bits per heavy atom. The number of amides is 1. The first-order chi connectivity index (χ1) is 9.01. The molecule has 1 aromatic heterocycles. The standard InChI is InChI=1S/C13H23N5O/c1-13(2,18-8-6-14-7-9-18)12(19)15-10-11-4-5-16-17(11)3/h4-5,14H,6-10H2,1-3H3,(H,15,19). The monoisotopic (exact) mass is 265 g/mol. The minimum absolute atomic E-state index is 0.0654. The molecule has 0 atom stereocenters. The number of hydrogen-bond acceptors (Lipinski definition) is 4.